The highest BCUT2D eigenvalue weighted by Crippen LogP contribution is 2.36. The first kappa shape index (κ1) is 17.6. The lowest BCUT2D eigenvalue weighted by atomic mass is 10.0. The number of nitrogens with one attached hydrogen (secondary N) is 1. The van der Waals surface area contributed by atoms with Crippen LogP contribution >= 0.6 is 0 Å². The summed E-state index contributed by atoms with van der Waals surface area (Å²) in [4.78, 5) is 14.7. The molecule has 0 fully saturated rings. The van der Waals surface area contributed by atoms with E-state index in [4.69, 9.17) is 0 Å². The van der Waals surface area contributed by atoms with Crippen molar-refractivity contribution in [2.45, 2.75) is 12.7 Å². The smallest absolute Gasteiger partial charge is 0.387 e. The first-order valence-corrected chi connectivity index (χ1v) is 8.20. The second-order valence-corrected chi connectivity index (χ2v) is 5.90. The van der Waals surface area contributed by atoms with E-state index in [1.165, 1.54) is 29.2 Å². The van der Waals surface area contributed by atoms with Gasteiger partial charge in [-0.05, 0) is 12.1 Å². The first-order valence-electron chi connectivity index (χ1n) is 8.20. The summed E-state index contributed by atoms with van der Waals surface area (Å²) in [5, 5.41) is 18.3. The molecular formula is C18H13F2N5O3. The van der Waals surface area contributed by atoms with Crippen LogP contribution in [0.2, 0.25) is 0 Å². The topological polar surface area (TPSA) is 95.1 Å². The number of rotatable bonds is 5. The number of fused-ring (bicyclic) bond motifs is 1. The number of anilines is 1. The van der Waals surface area contributed by atoms with Gasteiger partial charge >= 0.3 is 6.61 Å². The molecule has 3 aromatic rings. The fourth-order valence-corrected chi connectivity index (χ4v) is 3.04. The summed E-state index contributed by atoms with van der Waals surface area (Å²) in [5.74, 6) is 0.390. The number of aromatic nitrogens is 3. The molecule has 2 aromatic carbocycles. The van der Waals surface area contributed by atoms with Crippen LogP contribution < -0.4 is 10.1 Å². The Morgan fingerprint density at radius 3 is 2.82 bits per heavy atom. The Kier molecular flexibility index (Phi) is 4.44. The third-order valence-corrected chi connectivity index (χ3v) is 4.23. The maximum absolute atomic E-state index is 12.8. The highest BCUT2D eigenvalue weighted by Gasteiger charge is 2.27. The van der Waals surface area contributed by atoms with Gasteiger partial charge in [-0.2, -0.15) is 18.9 Å². The summed E-state index contributed by atoms with van der Waals surface area (Å²) in [6, 6.07) is 11.9. The largest absolute Gasteiger partial charge is 0.434 e. The average Bonchev–Trinajstić information content (AvgIpc) is 3.16. The Labute approximate surface area is 157 Å². The van der Waals surface area contributed by atoms with Crippen molar-refractivity contribution in [1.29, 1.82) is 0 Å². The molecule has 0 saturated heterocycles. The van der Waals surface area contributed by atoms with Gasteiger partial charge in [-0.1, -0.05) is 30.3 Å². The summed E-state index contributed by atoms with van der Waals surface area (Å²) in [6.07, 6.45) is 3.06. The average molecular weight is 385 g/mol. The molecule has 28 heavy (non-hydrogen) atoms. The predicted octanol–water partition coefficient (Wildman–Crippen LogP) is 3.84. The second-order valence-electron chi connectivity index (χ2n) is 5.90. The van der Waals surface area contributed by atoms with Crippen molar-refractivity contribution in [2.24, 2.45) is 0 Å². The number of benzene rings is 2. The maximum Gasteiger partial charge on any atom is 0.387 e. The summed E-state index contributed by atoms with van der Waals surface area (Å²) in [6.45, 7) is -2.97. The zero-order valence-electron chi connectivity index (χ0n) is 14.2. The molecule has 0 radical (unpaired) electrons. The normalized spacial score (nSPS) is 15.5. The van der Waals surface area contributed by atoms with Crippen LogP contribution in [-0.2, 0) is 0 Å². The van der Waals surface area contributed by atoms with Gasteiger partial charge < -0.3 is 10.1 Å². The summed E-state index contributed by atoms with van der Waals surface area (Å²) >= 11 is 0. The van der Waals surface area contributed by atoms with Crippen LogP contribution in [0.15, 0.2) is 60.9 Å². The standard InChI is InChI=1S/C18H13F2N5O3/c19-17(20)28-16-7-2-1-6-13(16)15-9-14(23-18-21-10-22-24(15)18)11-4-3-5-12(8-11)25(26)27/h1-10,15,17H,(H,21,22,23)/t15-/m0/s1. The number of non-ortho nitro benzene ring substituents is 1. The Balaban J connectivity index is 1.81. The molecule has 8 nitrogen and oxygen atoms in total. The van der Waals surface area contributed by atoms with Crippen LogP contribution in [0, 0.1) is 10.1 Å². The fraction of sp³-hybridized carbons (Fsp3) is 0.111. The molecule has 0 amide bonds. The number of allylic oxidation sites excluding steroid dienone is 1. The van der Waals surface area contributed by atoms with Crippen LogP contribution in [0.25, 0.3) is 5.70 Å². The predicted molar refractivity (Wildman–Crippen MR) is 95.9 cm³/mol. The Hall–Kier alpha value is -3.82. The molecule has 0 saturated carbocycles. The number of halogens is 2. The molecule has 1 aromatic heterocycles. The van der Waals surface area contributed by atoms with E-state index in [0.717, 1.165) is 0 Å². The Morgan fingerprint density at radius 1 is 1.21 bits per heavy atom. The molecule has 10 heteroatoms. The van der Waals surface area contributed by atoms with E-state index in [2.05, 4.69) is 20.1 Å². The van der Waals surface area contributed by atoms with Crippen LogP contribution in [0.1, 0.15) is 17.2 Å². The Bertz CT molecular complexity index is 1070. The molecule has 0 bridgehead atoms. The second kappa shape index (κ2) is 7.06. The molecule has 1 N–H and O–H groups in total. The SMILES string of the molecule is O=[N+]([O-])c1cccc(C2=C[C@@H](c3ccccc3OC(F)F)n3ncnc3N2)c1. The molecule has 1 atom stereocenters. The highest BCUT2D eigenvalue weighted by atomic mass is 19.3. The van der Waals surface area contributed by atoms with Gasteiger partial charge in [0.1, 0.15) is 18.1 Å². The lowest BCUT2D eigenvalue weighted by Crippen LogP contribution is -2.21. The number of ether oxygens (including phenoxy) is 1. The van der Waals surface area contributed by atoms with E-state index < -0.39 is 17.6 Å². The van der Waals surface area contributed by atoms with Gasteiger partial charge in [-0.3, -0.25) is 10.1 Å². The van der Waals surface area contributed by atoms with Crippen molar-refractivity contribution >= 4 is 17.3 Å². The van der Waals surface area contributed by atoms with Crippen molar-refractivity contribution in [2.75, 3.05) is 5.32 Å². The molecular weight excluding hydrogens is 372 g/mol. The number of alkyl halides is 2. The van der Waals surface area contributed by atoms with Crippen molar-refractivity contribution in [3.8, 4) is 5.75 Å². The maximum atomic E-state index is 12.8. The van der Waals surface area contributed by atoms with Gasteiger partial charge in [0.2, 0.25) is 5.95 Å². The monoisotopic (exact) mass is 385 g/mol. The van der Waals surface area contributed by atoms with Crippen molar-refractivity contribution < 1.29 is 18.4 Å². The minimum Gasteiger partial charge on any atom is -0.434 e. The summed E-state index contributed by atoms with van der Waals surface area (Å²) < 4.78 is 31.8. The molecule has 0 unspecified atom stereocenters. The van der Waals surface area contributed by atoms with E-state index in [1.807, 2.05) is 0 Å². The number of hydrogen-bond donors (Lipinski definition) is 1. The van der Waals surface area contributed by atoms with E-state index in [1.54, 1.807) is 36.4 Å². The molecule has 1 aliphatic heterocycles. The first-order chi connectivity index (χ1) is 13.5. The van der Waals surface area contributed by atoms with E-state index in [-0.39, 0.29) is 11.4 Å². The van der Waals surface area contributed by atoms with E-state index in [0.29, 0.717) is 22.8 Å². The van der Waals surface area contributed by atoms with E-state index in [9.17, 15) is 18.9 Å². The highest BCUT2D eigenvalue weighted by molar-refractivity contribution is 5.78. The summed E-state index contributed by atoms with van der Waals surface area (Å²) in [5.41, 5.74) is 1.49. The number of nitrogens with zero attached hydrogens (tertiary/aromatic N) is 4. The molecule has 1 aliphatic rings. The van der Waals surface area contributed by atoms with Crippen LogP contribution in [0.4, 0.5) is 20.4 Å². The quantitative estimate of drug-likeness (QED) is 0.530. The number of nitro benzene ring substituents is 1. The zero-order valence-corrected chi connectivity index (χ0v) is 14.2. The van der Waals surface area contributed by atoms with Gasteiger partial charge in [0.15, 0.2) is 0 Å². The van der Waals surface area contributed by atoms with Crippen LogP contribution in [-0.4, -0.2) is 26.3 Å². The van der Waals surface area contributed by atoms with Crippen molar-refractivity contribution in [3.63, 3.8) is 0 Å². The Morgan fingerprint density at radius 2 is 2.04 bits per heavy atom. The van der Waals surface area contributed by atoms with Crippen molar-refractivity contribution in [3.05, 3.63) is 82.2 Å². The minimum atomic E-state index is -2.97. The number of para-hydroxylation sites is 1. The lowest BCUT2D eigenvalue weighted by molar-refractivity contribution is -0.384. The number of nitro groups is 1. The van der Waals surface area contributed by atoms with Crippen molar-refractivity contribution in [1.82, 2.24) is 14.8 Å². The van der Waals surface area contributed by atoms with Gasteiger partial charge in [0.25, 0.3) is 5.69 Å². The third-order valence-electron chi connectivity index (χ3n) is 4.23. The lowest BCUT2D eigenvalue weighted by Gasteiger charge is -2.25. The van der Waals surface area contributed by atoms with E-state index >= 15 is 0 Å². The minimum absolute atomic E-state index is 0.0143. The fourth-order valence-electron chi connectivity index (χ4n) is 3.04. The molecule has 142 valence electrons. The molecule has 0 aliphatic carbocycles. The molecule has 2 heterocycles. The van der Waals surface area contributed by atoms with Crippen LogP contribution in [0.5, 0.6) is 5.75 Å². The third kappa shape index (κ3) is 3.27. The number of hydrogen-bond acceptors (Lipinski definition) is 6. The van der Waals surface area contributed by atoms with Gasteiger partial charge in [0.05, 0.1) is 4.92 Å². The zero-order chi connectivity index (χ0) is 19.7. The van der Waals surface area contributed by atoms with Gasteiger partial charge in [0, 0.05) is 29.0 Å². The van der Waals surface area contributed by atoms with Crippen LogP contribution in [0.3, 0.4) is 0 Å². The van der Waals surface area contributed by atoms with Gasteiger partial charge in [-0.15, -0.1) is 0 Å². The molecule has 4 rings (SSSR count). The summed E-state index contributed by atoms with van der Waals surface area (Å²) in [7, 11) is 0. The molecule has 0 spiro atoms. The van der Waals surface area contributed by atoms with Gasteiger partial charge in [-0.25, -0.2) is 4.68 Å².